The van der Waals surface area contributed by atoms with Gasteiger partial charge in [0.05, 0.1) is 72.5 Å². The van der Waals surface area contributed by atoms with E-state index < -0.39 is 33.2 Å². The molecule has 3 aliphatic rings. The summed E-state index contributed by atoms with van der Waals surface area (Å²) in [6.07, 6.45) is 5.38. The third-order valence-electron chi connectivity index (χ3n) is 11.4. The van der Waals surface area contributed by atoms with Crippen molar-refractivity contribution in [1.82, 2.24) is 31.1 Å². The van der Waals surface area contributed by atoms with Crippen LogP contribution in [-0.4, -0.2) is 126 Å². The SMILES string of the molecule is CC1(C)C=C(C(=O)NCC[N+](CCNC(=O)C2=CC(C)(C)N(O)C2(C)C)(CCNC(=O)C2=CC(C)(C)N(O)C2(C)C)Cc2ccccc2)C(C)(C)N1O. The van der Waals surface area contributed by atoms with E-state index in [9.17, 15) is 30.0 Å². The predicted molar refractivity (Wildman–Crippen MR) is 204 cm³/mol. The van der Waals surface area contributed by atoms with Crippen LogP contribution in [-0.2, 0) is 20.9 Å². The molecule has 1 aromatic rings. The van der Waals surface area contributed by atoms with Crippen molar-refractivity contribution in [3.05, 3.63) is 70.8 Å². The number of hydroxylamine groups is 6. The number of benzene rings is 1. The van der Waals surface area contributed by atoms with Crippen LogP contribution in [0.5, 0.6) is 0 Å². The van der Waals surface area contributed by atoms with Crippen molar-refractivity contribution in [2.24, 2.45) is 0 Å². The molecule has 0 aromatic heterocycles. The second-order valence-corrected chi connectivity index (χ2v) is 18.2. The standard InChI is InChI=1S/C40H63N7O6/c1-35(2)24-29(38(7,8)44(35)51)32(48)41-18-21-47(27-28-16-14-13-15-17-28,22-19-42-33(49)30-25-36(3,4)45(52)39(30,9)10)23-20-43-34(50)31-26-37(5,6)46(53)40(31,11)12/h13-17,24-26,51-53H,18-23,27H2,1-12H3,(H2-,41,42,43,48,49,50)/p+1. The summed E-state index contributed by atoms with van der Waals surface area (Å²) in [7, 11) is 0. The molecule has 0 fully saturated rings. The fourth-order valence-electron chi connectivity index (χ4n) is 8.36. The smallest absolute Gasteiger partial charge is 0.249 e. The number of quaternary nitrogens is 1. The highest BCUT2D eigenvalue weighted by atomic mass is 16.5. The van der Waals surface area contributed by atoms with E-state index in [4.69, 9.17) is 0 Å². The van der Waals surface area contributed by atoms with Crippen LogP contribution in [0.4, 0.5) is 0 Å². The number of nitrogens with zero attached hydrogens (tertiary/aromatic N) is 4. The summed E-state index contributed by atoms with van der Waals surface area (Å²) in [5.41, 5.74) is -2.30. The molecule has 0 spiro atoms. The van der Waals surface area contributed by atoms with Crippen LogP contribution in [0.3, 0.4) is 0 Å². The quantitative estimate of drug-likeness (QED) is 0.156. The van der Waals surface area contributed by atoms with Crippen LogP contribution in [0.15, 0.2) is 65.3 Å². The second-order valence-electron chi connectivity index (χ2n) is 18.2. The molecule has 0 radical (unpaired) electrons. The van der Waals surface area contributed by atoms with Crippen molar-refractivity contribution in [2.45, 2.75) is 123 Å². The molecule has 3 amide bonds. The predicted octanol–water partition coefficient (Wildman–Crippen LogP) is 3.92. The molecular weight excluding hydrogens is 674 g/mol. The first-order valence-corrected chi connectivity index (χ1v) is 18.6. The number of carbonyl (C=O) groups is 3. The van der Waals surface area contributed by atoms with E-state index in [0.29, 0.717) is 67.0 Å². The molecule has 0 aliphatic carbocycles. The first kappa shape index (κ1) is 42.3. The van der Waals surface area contributed by atoms with Crippen molar-refractivity contribution in [2.75, 3.05) is 39.3 Å². The Bertz CT molecular complexity index is 1500. The molecule has 1 aromatic carbocycles. The largest absolute Gasteiger partial charge is 0.347 e. The van der Waals surface area contributed by atoms with E-state index in [1.807, 2.05) is 113 Å². The first-order chi connectivity index (χ1) is 24.2. The first-order valence-electron chi connectivity index (χ1n) is 18.6. The minimum Gasteiger partial charge on any atom is -0.347 e. The average Bonchev–Trinajstić information content (AvgIpc) is 3.43. The van der Waals surface area contributed by atoms with Crippen molar-refractivity contribution in [1.29, 1.82) is 0 Å². The maximum atomic E-state index is 13.6. The number of carbonyl (C=O) groups excluding carboxylic acids is 3. The summed E-state index contributed by atoms with van der Waals surface area (Å²) in [5.74, 6) is -0.799. The van der Waals surface area contributed by atoms with Crippen LogP contribution in [0.25, 0.3) is 0 Å². The molecule has 0 saturated carbocycles. The highest BCUT2D eigenvalue weighted by Crippen LogP contribution is 2.40. The van der Waals surface area contributed by atoms with Crippen molar-refractivity contribution < 1.29 is 34.5 Å². The Morgan fingerprint density at radius 1 is 0.528 bits per heavy atom. The lowest BCUT2D eigenvalue weighted by Crippen LogP contribution is -2.57. The van der Waals surface area contributed by atoms with E-state index in [2.05, 4.69) is 16.0 Å². The van der Waals surface area contributed by atoms with Gasteiger partial charge in [0, 0.05) is 22.3 Å². The van der Waals surface area contributed by atoms with Crippen LogP contribution in [0, 0.1) is 0 Å². The zero-order valence-electron chi connectivity index (χ0n) is 33.9. The van der Waals surface area contributed by atoms with Crippen LogP contribution in [0.1, 0.15) is 88.6 Å². The number of hydrogen-bond acceptors (Lipinski definition) is 9. The lowest BCUT2D eigenvalue weighted by Gasteiger charge is -2.40. The minimum absolute atomic E-state index is 0.266. The summed E-state index contributed by atoms with van der Waals surface area (Å²) >= 11 is 0. The Morgan fingerprint density at radius 2 is 0.811 bits per heavy atom. The van der Waals surface area contributed by atoms with Crippen molar-refractivity contribution in [3.63, 3.8) is 0 Å². The average molecular weight is 739 g/mol. The Morgan fingerprint density at radius 3 is 1.06 bits per heavy atom. The Kier molecular flexibility index (Phi) is 11.7. The monoisotopic (exact) mass is 738 g/mol. The molecule has 0 saturated heterocycles. The number of rotatable bonds is 14. The molecular formula is C40H64N7O6+. The zero-order chi connectivity index (χ0) is 40.0. The fourth-order valence-corrected chi connectivity index (χ4v) is 8.36. The maximum absolute atomic E-state index is 13.6. The summed E-state index contributed by atoms with van der Waals surface area (Å²) in [6, 6.07) is 9.98. The summed E-state index contributed by atoms with van der Waals surface area (Å²) in [4.78, 5) is 40.9. The van der Waals surface area contributed by atoms with Gasteiger partial charge in [-0.05, 0) is 83.1 Å². The third kappa shape index (κ3) is 8.46. The van der Waals surface area contributed by atoms with Gasteiger partial charge in [0.2, 0.25) is 17.7 Å². The Labute approximate surface area is 315 Å². The van der Waals surface area contributed by atoms with Crippen LogP contribution in [0.2, 0.25) is 0 Å². The molecule has 3 aliphatic heterocycles. The normalized spacial score (nSPS) is 22.9. The van der Waals surface area contributed by atoms with Gasteiger partial charge < -0.3 is 36.1 Å². The van der Waals surface area contributed by atoms with E-state index in [0.717, 1.165) is 5.56 Å². The molecule has 53 heavy (non-hydrogen) atoms. The van der Waals surface area contributed by atoms with E-state index >= 15 is 0 Å². The fraction of sp³-hybridized carbons (Fsp3) is 0.625. The van der Waals surface area contributed by atoms with E-state index in [1.165, 1.54) is 15.2 Å². The van der Waals surface area contributed by atoms with E-state index in [-0.39, 0.29) is 17.7 Å². The molecule has 0 atom stereocenters. The molecule has 4 rings (SSSR count). The molecule has 0 bridgehead atoms. The van der Waals surface area contributed by atoms with Gasteiger partial charge >= 0.3 is 0 Å². The van der Waals surface area contributed by atoms with Gasteiger partial charge in [-0.15, -0.1) is 0 Å². The number of amides is 3. The van der Waals surface area contributed by atoms with Gasteiger partial charge in [-0.3, -0.25) is 14.4 Å². The molecule has 0 unspecified atom stereocenters. The summed E-state index contributed by atoms with van der Waals surface area (Å²) < 4.78 is 0.408. The molecule has 3 heterocycles. The lowest BCUT2D eigenvalue weighted by atomic mass is 9.96. The number of hydrogen-bond donors (Lipinski definition) is 6. The molecule has 6 N–H and O–H groups in total. The van der Waals surface area contributed by atoms with Crippen LogP contribution >= 0.6 is 0 Å². The zero-order valence-corrected chi connectivity index (χ0v) is 33.9. The highest BCUT2D eigenvalue weighted by Gasteiger charge is 2.50. The van der Waals surface area contributed by atoms with Gasteiger partial charge in [0.15, 0.2) is 0 Å². The third-order valence-corrected chi connectivity index (χ3v) is 11.4. The van der Waals surface area contributed by atoms with Gasteiger partial charge in [0.1, 0.15) is 6.54 Å². The van der Waals surface area contributed by atoms with Crippen LogP contribution < -0.4 is 16.0 Å². The Hall–Kier alpha value is -3.43. The molecule has 13 nitrogen and oxygen atoms in total. The van der Waals surface area contributed by atoms with Gasteiger partial charge in [-0.2, -0.15) is 15.2 Å². The van der Waals surface area contributed by atoms with Crippen molar-refractivity contribution >= 4 is 17.7 Å². The van der Waals surface area contributed by atoms with Gasteiger partial charge in [0.25, 0.3) is 0 Å². The Balaban J connectivity index is 1.59. The van der Waals surface area contributed by atoms with E-state index in [1.54, 1.807) is 18.2 Å². The lowest BCUT2D eigenvalue weighted by molar-refractivity contribution is -0.937. The van der Waals surface area contributed by atoms with Crippen molar-refractivity contribution in [3.8, 4) is 0 Å². The molecule has 294 valence electrons. The maximum Gasteiger partial charge on any atom is 0.249 e. The summed E-state index contributed by atoms with van der Waals surface area (Å²) in [5, 5.41) is 45.3. The topological polar surface area (TPSA) is 158 Å². The second kappa shape index (κ2) is 14.7. The highest BCUT2D eigenvalue weighted by molar-refractivity contribution is 5.97. The minimum atomic E-state index is -0.888. The molecule has 13 heteroatoms. The number of nitrogens with one attached hydrogen (secondary N) is 3. The van der Waals surface area contributed by atoms with Gasteiger partial charge in [-0.25, -0.2) is 0 Å². The summed E-state index contributed by atoms with van der Waals surface area (Å²) in [6.45, 7) is 24.8. The van der Waals surface area contributed by atoms with Gasteiger partial charge in [-0.1, -0.05) is 48.6 Å².